The summed E-state index contributed by atoms with van der Waals surface area (Å²) in [4.78, 5) is 71.7. The van der Waals surface area contributed by atoms with Gasteiger partial charge in [-0.2, -0.15) is 0 Å². The van der Waals surface area contributed by atoms with Gasteiger partial charge in [0, 0.05) is 25.7 Å². The molecule has 0 saturated heterocycles. The monoisotopic (exact) mass is 1140 g/mol. The fourth-order valence-electron chi connectivity index (χ4n) is 8.49. The summed E-state index contributed by atoms with van der Waals surface area (Å²) in [5, 5.41) is 10.5. The molecule has 0 aromatic heterocycles. The van der Waals surface area contributed by atoms with Crippen molar-refractivity contribution in [3.8, 4) is 0 Å². The van der Waals surface area contributed by atoms with Crippen molar-refractivity contribution in [1.82, 2.24) is 0 Å². The maximum absolute atomic E-state index is 12.9. The molecule has 6 atom stereocenters. The zero-order valence-electron chi connectivity index (χ0n) is 49.1. The predicted molar refractivity (Wildman–Crippen MR) is 303 cm³/mol. The number of esters is 4. The van der Waals surface area contributed by atoms with Crippen LogP contribution in [0.25, 0.3) is 0 Å². The van der Waals surface area contributed by atoms with Gasteiger partial charge in [0.1, 0.15) is 19.3 Å². The normalized spacial score (nSPS) is 14.8. The second-order valence-corrected chi connectivity index (χ2v) is 24.2. The van der Waals surface area contributed by atoms with Crippen molar-refractivity contribution in [1.29, 1.82) is 0 Å². The Labute approximate surface area is 467 Å². The van der Waals surface area contributed by atoms with Crippen LogP contribution in [0.2, 0.25) is 0 Å². The number of aliphatic hydroxyl groups is 1. The molecule has 0 aromatic carbocycles. The topological polar surface area (TPSA) is 237 Å². The molecule has 0 rings (SSSR count). The van der Waals surface area contributed by atoms with E-state index in [9.17, 15) is 43.2 Å². The number of phosphoric acid groups is 2. The lowest BCUT2D eigenvalue weighted by atomic mass is 10.00. The van der Waals surface area contributed by atoms with Gasteiger partial charge in [-0.25, -0.2) is 9.13 Å². The van der Waals surface area contributed by atoms with Crippen LogP contribution in [0.1, 0.15) is 285 Å². The third kappa shape index (κ3) is 51.9. The first-order chi connectivity index (χ1) is 37.1. The van der Waals surface area contributed by atoms with Crippen molar-refractivity contribution in [2.75, 3.05) is 39.6 Å². The van der Waals surface area contributed by atoms with E-state index in [1.165, 1.54) is 83.5 Å². The first kappa shape index (κ1) is 75.1. The number of rotatable bonds is 58. The molecule has 3 unspecified atom stereocenters. The van der Waals surface area contributed by atoms with E-state index in [1.807, 2.05) is 0 Å². The summed E-state index contributed by atoms with van der Waals surface area (Å²) >= 11 is 0. The average Bonchev–Trinajstić information content (AvgIpc) is 3.40. The highest BCUT2D eigenvalue weighted by Gasteiger charge is 2.30. The van der Waals surface area contributed by atoms with Crippen molar-refractivity contribution in [2.45, 2.75) is 303 Å². The van der Waals surface area contributed by atoms with Crippen LogP contribution < -0.4 is 0 Å². The Morgan fingerprint density at radius 3 is 0.922 bits per heavy atom. The van der Waals surface area contributed by atoms with Crippen LogP contribution in [0.4, 0.5) is 0 Å². The lowest BCUT2D eigenvalue weighted by molar-refractivity contribution is -0.161. The van der Waals surface area contributed by atoms with E-state index in [2.05, 4.69) is 34.6 Å². The van der Waals surface area contributed by atoms with E-state index in [0.29, 0.717) is 25.7 Å². The van der Waals surface area contributed by atoms with E-state index in [-0.39, 0.29) is 25.7 Å². The molecule has 0 fully saturated rings. The Morgan fingerprint density at radius 1 is 0.364 bits per heavy atom. The highest BCUT2D eigenvalue weighted by atomic mass is 31.2. The van der Waals surface area contributed by atoms with E-state index in [0.717, 1.165) is 121 Å². The fraction of sp³-hybridized carbons (Fsp3) is 0.931. The van der Waals surface area contributed by atoms with E-state index in [4.69, 9.17) is 37.0 Å². The minimum atomic E-state index is -4.94. The molecule has 0 aliphatic heterocycles. The number of ether oxygens (including phenoxy) is 4. The van der Waals surface area contributed by atoms with Crippen molar-refractivity contribution >= 4 is 39.5 Å². The van der Waals surface area contributed by atoms with Crippen molar-refractivity contribution in [3.05, 3.63) is 0 Å². The Hall–Kier alpha value is -1.94. The number of unbranched alkanes of at least 4 members (excludes halogenated alkanes) is 29. The minimum absolute atomic E-state index is 0.104. The fourth-order valence-corrected chi connectivity index (χ4v) is 10.1. The summed E-state index contributed by atoms with van der Waals surface area (Å²) < 4.78 is 67.6. The van der Waals surface area contributed by atoms with Crippen LogP contribution in [0.3, 0.4) is 0 Å². The van der Waals surface area contributed by atoms with Crippen LogP contribution in [0, 0.1) is 5.92 Å². The molecule has 0 amide bonds. The Morgan fingerprint density at radius 2 is 0.623 bits per heavy atom. The summed E-state index contributed by atoms with van der Waals surface area (Å²) in [7, 11) is -9.87. The first-order valence-corrected chi connectivity index (χ1v) is 33.7. The second kappa shape index (κ2) is 52.2. The van der Waals surface area contributed by atoms with Crippen molar-refractivity contribution < 1.29 is 80.2 Å². The summed E-state index contributed by atoms with van der Waals surface area (Å²) in [6.07, 6.45) is 33.6. The lowest BCUT2D eigenvalue weighted by Gasteiger charge is -2.21. The summed E-state index contributed by atoms with van der Waals surface area (Å²) in [6, 6.07) is 0. The largest absolute Gasteiger partial charge is 0.472 e. The molecule has 0 spiro atoms. The zero-order valence-corrected chi connectivity index (χ0v) is 50.9. The highest BCUT2D eigenvalue weighted by Crippen LogP contribution is 2.45. The van der Waals surface area contributed by atoms with Crippen LogP contribution >= 0.6 is 15.6 Å². The van der Waals surface area contributed by atoms with Gasteiger partial charge in [-0.15, -0.1) is 0 Å². The van der Waals surface area contributed by atoms with Crippen molar-refractivity contribution in [3.63, 3.8) is 0 Å². The molecule has 0 aliphatic rings. The van der Waals surface area contributed by atoms with Gasteiger partial charge in [0.25, 0.3) is 0 Å². The maximum Gasteiger partial charge on any atom is 0.472 e. The standard InChI is InChI=1S/C58H112O17P2/c1-6-10-13-16-19-21-22-23-24-27-34-39-44-58(63)75-54(48-69-56(61)42-37-32-29-28-30-35-40-51(5)9-4)50-73-77(66,67)71-46-52(59)45-70-76(64,65)72-49-53(47-68-55(60)41-36-31-25-18-15-12-8-3)74-57(62)43-38-33-26-20-17-14-11-7-2/h51-54,59H,6-50H2,1-5H3,(H,64,65)(H,66,67)/t51?,52-,53+,54+/m0/s1. The number of hydrogen-bond acceptors (Lipinski definition) is 15. The van der Waals surface area contributed by atoms with Gasteiger partial charge in [-0.3, -0.25) is 37.3 Å². The van der Waals surface area contributed by atoms with Gasteiger partial charge in [-0.1, -0.05) is 234 Å². The highest BCUT2D eigenvalue weighted by molar-refractivity contribution is 7.47. The summed E-state index contributed by atoms with van der Waals surface area (Å²) in [5.41, 5.74) is 0. The van der Waals surface area contributed by atoms with E-state index < -0.39 is 97.5 Å². The van der Waals surface area contributed by atoms with Crippen molar-refractivity contribution in [2.24, 2.45) is 5.92 Å². The third-order valence-electron chi connectivity index (χ3n) is 13.6. The molecule has 77 heavy (non-hydrogen) atoms. The van der Waals surface area contributed by atoms with E-state index >= 15 is 0 Å². The Kier molecular flexibility index (Phi) is 50.8. The SMILES string of the molecule is CCCCCCCCCCCCCCC(=O)O[C@H](COC(=O)CCCCCCCCC(C)CC)COP(=O)(O)OC[C@@H](O)COP(=O)(O)OC[C@@H](COC(=O)CCCCCCCCC)OC(=O)CCCCCCCCCC. The second-order valence-electron chi connectivity index (χ2n) is 21.3. The van der Waals surface area contributed by atoms with Crippen LogP contribution in [-0.2, 0) is 65.4 Å². The molecular formula is C58H112O17P2. The van der Waals surface area contributed by atoms with Gasteiger partial charge >= 0.3 is 39.5 Å². The number of carbonyl (C=O) groups excluding carboxylic acids is 4. The van der Waals surface area contributed by atoms with Gasteiger partial charge in [-0.05, 0) is 31.6 Å². The smallest absolute Gasteiger partial charge is 0.462 e. The number of carbonyl (C=O) groups is 4. The predicted octanol–water partition coefficient (Wildman–Crippen LogP) is 15.5. The van der Waals surface area contributed by atoms with Gasteiger partial charge in [0.05, 0.1) is 26.4 Å². The Balaban J connectivity index is 5.21. The molecule has 0 radical (unpaired) electrons. The van der Waals surface area contributed by atoms with Crippen LogP contribution in [0.15, 0.2) is 0 Å². The summed E-state index contributed by atoms with van der Waals surface area (Å²) in [5.74, 6) is -1.42. The number of phosphoric ester groups is 2. The van der Waals surface area contributed by atoms with Crippen LogP contribution in [-0.4, -0.2) is 96.7 Å². The average molecular weight is 1140 g/mol. The maximum atomic E-state index is 12.9. The zero-order chi connectivity index (χ0) is 57.1. The molecule has 19 heteroatoms. The quantitative estimate of drug-likeness (QED) is 0.0222. The molecule has 0 aromatic rings. The Bertz CT molecular complexity index is 1520. The number of aliphatic hydroxyl groups excluding tert-OH is 1. The molecule has 3 N–H and O–H groups in total. The molecule has 0 saturated carbocycles. The molecule has 0 heterocycles. The van der Waals surface area contributed by atoms with Gasteiger partial charge in [0.2, 0.25) is 0 Å². The molecule has 0 bridgehead atoms. The molecule has 17 nitrogen and oxygen atoms in total. The number of hydrogen-bond donors (Lipinski definition) is 3. The lowest BCUT2D eigenvalue weighted by Crippen LogP contribution is -2.30. The minimum Gasteiger partial charge on any atom is -0.462 e. The third-order valence-corrected chi connectivity index (χ3v) is 15.5. The summed E-state index contributed by atoms with van der Waals surface area (Å²) in [6.45, 7) is 7.04. The first-order valence-electron chi connectivity index (χ1n) is 30.7. The van der Waals surface area contributed by atoms with Crippen LogP contribution in [0.5, 0.6) is 0 Å². The molecule has 0 aliphatic carbocycles. The van der Waals surface area contributed by atoms with Gasteiger partial charge < -0.3 is 33.8 Å². The van der Waals surface area contributed by atoms with E-state index in [1.54, 1.807) is 0 Å². The molecule has 456 valence electrons. The van der Waals surface area contributed by atoms with Gasteiger partial charge in [0.15, 0.2) is 12.2 Å². The molecular weight excluding hydrogens is 1030 g/mol.